The number of hydrogen-bond donors (Lipinski definition) is 1. The highest BCUT2D eigenvalue weighted by Gasteiger charge is 2.41. The molecule has 140 valence electrons. The summed E-state index contributed by atoms with van der Waals surface area (Å²) in [5.41, 5.74) is 0.730. The molecule has 4 nitrogen and oxygen atoms in total. The predicted molar refractivity (Wildman–Crippen MR) is 105 cm³/mol. The highest BCUT2D eigenvalue weighted by atomic mass is 35.5. The lowest BCUT2D eigenvalue weighted by molar-refractivity contribution is -0.136. The Bertz CT molecular complexity index is 833. The largest absolute Gasteiger partial charge is 0.456 e. The fourth-order valence-electron chi connectivity index (χ4n) is 4.20. The van der Waals surface area contributed by atoms with Gasteiger partial charge in [0, 0.05) is 23.4 Å². The average Bonchev–Trinajstić information content (AvgIpc) is 2.65. The van der Waals surface area contributed by atoms with Gasteiger partial charge in [-0.05, 0) is 62.1 Å². The summed E-state index contributed by atoms with van der Waals surface area (Å²) < 4.78 is 5.77. The lowest BCUT2D eigenvalue weighted by atomic mass is 9.67. The molecule has 0 spiro atoms. The fraction of sp³-hybridized carbons (Fsp3) is 0.364. The number of carbonyl (C=O) groups excluding carboxylic acids is 2. The van der Waals surface area contributed by atoms with Crippen molar-refractivity contribution < 1.29 is 14.3 Å². The lowest BCUT2D eigenvalue weighted by Crippen LogP contribution is -2.40. The molecule has 2 atom stereocenters. The van der Waals surface area contributed by atoms with Crippen LogP contribution in [0.4, 0.5) is 5.69 Å². The number of hydrogen-bond acceptors (Lipinski definition) is 3. The molecule has 0 radical (unpaired) electrons. The van der Waals surface area contributed by atoms with Crippen LogP contribution in [0.15, 0.2) is 48.5 Å². The van der Waals surface area contributed by atoms with E-state index in [1.807, 2.05) is 24.3 Å². The number of ketones is 1. The van der Waals surface area contributed by atoms with Gasteiger partial charge in [-0.2, -0.15) is 0 Å². The predicted octanol–water partition coefficient (Wildman–Crippen LogP) is 5.47. The van der Waals surface area contributed by atoms with Crippen molar-refractivity contribution in [1.29, 1.82) is 0 Å². The van der Waals surface area contributed by atoms with Crippen molar-refractivity contribution in [3.05, 3.63) is 53.6 Å². The van der Waals surface area contributed by atoms with E-state index < -0.39 is 0 Å². The molecule has 2 aliphatic rings. The topological polar surface area (TPSA) is 55.4 Å². The molecule has 2 unspecified atom stereocenters. The second kappa shape index (κ2) is 7.73. The van der Waals surface area contributed by atoms with Crippen LogP contribution in [0.2, 0.25) is 5.02 Å². The SMILES string of the molecule is O=C(Nc1ccc(Oc2ccccc2Cl)cc1)C1CC2CCCC(C1)C2=O. The van der Waals surface area contributed by atoms with Crippen LogP contribution in [0.1, 0.15) is 32.1 Å². The number of benzene rings is 2. The second-order valence-electron chi connectivity index (χ2n) is 7.44. The van der Waals surface area contributed by atoms with Gasteiger partial charge >= 0.3 is 0 Å². The van der Waals surface area contributed by atoms with Crippen LogP contribution in [0, 0.1) is 17.8 Å². The molecule has 1 N–H and O–H groups in total. The molecule has 0 aliphatic heterocycles. The molecular weight excluding hydrogens is 362 g/mol. The van der Waals surface area contributed by atoms with Crippen molar-refractivity contribution in [2.75, 3.05) is 5.32 Å². The van der Waals surface area contributed by atoms with Gasteiger partial charge in [-0.25, -0.2) is 0 Å². The van der Waals surface area contributed by atoms with Crippen LogP contribution in [-0.4, -0.2) is 11.7 Å². The van der Waals surface area contributed by atoms with Crippen molar-refractivity contribution in [2.24, 2.45) is 17.8 Å². The number of rotatable bonds is 4. The zero-order chi connectivity index (χ0) is 18.8. The van der Waals surface area contributed by atoms with E-state index in [0.29, 0.717) is 35.1 Å². The minimum atomic E-state index is -0.0722. The Kier molecular flexibility index (Phi) is 5.17. The van der Waals surface area contributed by atoms with E-state index in [-0.39, 0.29) is 23.7 Å². The highest BCUT2D eigenvalue weighted by molar-refractivity contribution is 6.32. The number of ether oxygens (including phenoxy) is 1. The number of amides is 1. The monoisotopic (exact) mass is 383 g/mol. The van der Waals surface area contributed by atoms with E-state index in [9.17, 15) is 9.59 Å². The van der Waals surface area contributed by atoms with Crippen molar-refractivity contribution >= 4 is 29.0 Å². The molecule has 2 aliphatic carbocycles. The third kappa shape index (κ3) is 4.01. The molecule has 0 saturated heterocycles. The Balaban J connectivity index is 1.38. The molecule has 5 heteroatoms. The quantitative estimate of drug-likeness (QED) is 0.761. The number of Topliss-reactive ketones (excluding diaryl/α,β-unsaturated/α-hetero) is 1. The third-order valence-corrected chi connectivity index (χ3v) is 5.92. The number of halogens is 1. The van der Waals surface area contributed by atoms with Crippen LogP contribution >= 0.6 is 11.6 Å². The maximum Gasteiger partial charge on any atom is 0.227 e. The summed E-state index contributed by atoms with van der Waals surface area (Å²) in [4.78, 5) is 24.8. The van der Waals surface area contributed by atoms with Crippen LogP contribution < -0.4 is 10.1 Å². The molecule has 2 fully saturated rings. The molecule has 0 heterocycles. The number of para-hydroxylation sites is 1. The molecule has 27 heavy (non-hydrogen) atoms. The van der Waals surface area contributed by atoms with Crippen LogP contribution in [0.25, 0.3) is 0 Å². The summed E-state index contributed by atoms with van der Waals surface area (Å²) in [7, 11) is 0. The maximum absolute atomic E-state index is 12.7. The van der Waals surface area contributed by atoms with E-state index in [2.05, 4.69) is 5.32 Å². The van der Waals surface area contributed by atoms with Crippen molar-refractivity contribution in [2.45, 2.75) is 32.1 Å². The summed E-state index contributed by atoms with van der Waals surface area (Å²) in [6.07, 6.45) is 4.37. The van der Waals surface area contributed by atoms with Gasteiger partial charge in [-0.1, -0.05) is 30.2 Å². The number of nitrogens with one attached hydrogen (secondary N) is 1. The van der Waals surface area contributed by atoms with Crippen LogP contribution in [-0.2, 0) is 9.59 Å². The van der Waals surface area contributed by atoms with Gasteiger partial charge < -0.3 is 10.1 Å². The first kappa shape index (κ1) is 18.1. The summed E-state index contributed by atoms with van der Waals surface area (Å²) in [5.74, 6) is 1.73. The Morgan fingerprint density at radius 2 is 1.67 bits per heavy atom. The van der Waals surface area contributed by atoms with Gasteiger partial charge in [0.1, 0.15) is 17.3 Å². The van der Waals surface area contributed by atoms with Gasteiger partial charge in [0.25, 0.3) is 0 Å². The van der Waals surface area contributed by atoms with Crippen LogP contribution in [0.3, 0.4) is 0 Å². The molecule has 0 aromatic heterocycles. The van der Waals surface area contributed by atoms with Gasteiger partial charge in [0.2, 0.25) is 5.91 Å². The Morgan fingerprint density at radius 3 is 2.33 bits per heavy atom. The molecule has 2 aromatic carbocycles. The van der Waals surface area contributed by atoms with E-state index in [1.54, 1.807) is 24.3 Å². The molecule has 2 saturated carbocycles. The zero-order valence-corrected chi connectivity index (χ0v) is 15.7. The third-order valence-electron chi connectivity index (χ3n) is 5.61. The van der Waals surface area contributed by atoms with Crippen molar-refractivity contribution in [3.63, 3.8) is 0 Å². The smallest absolute Gasteiger partial charge is 0.227 e. The van der Waals surface area contributed by atoms with E-state index in [4.69, 9.17) is 16.3 Å². The van der Waals surface area contributed by atoms with Crippen LogP contribution in [0.5, 0.6) is 11.5 Å². The van der Waals surface area contributed by atoms with E-state index in [0.717, 1.165) is 24.9 Å². The first-order valence-electron chi connectivity index (χ1n) is 9.47. The Labute approximate surface area is 163 Å². The summed E-state index contributed by atoms with van der Waals surface area (Å²) in [6.45, 7) is 0. The summed E-state index contributed by atoms with van der Waals surface area (Å²) >= 11 is 6.10. The lowest BCUT2D eigenvalue weighted by Gasteiger charge is -2.36. The van der Waals surface area contributed by atoms with Gasteiger partial charge in [-0.3, -0.25) is 9.59 Å². The van der Waals surface area contributed by atoms with Gasteiger partial charge in [-0.15, -0.1) is 0 Å². The molecule has 2 bridgehead atoms. The van der Waals surface area contributed by atoms with E-state index >= 15 is 0 Å². The summed E-state index contributed by atoms with van der Waals surface area (Å²) in [5, 5.41) is 3.53. The average molecular weight is 384 g/mol. The van der Waals surface area contributed by atoms with E-state index in [1.165, 1.54) is 0 Å². The number of anilines is 1. The number of carbonyl (C=O) groups is 2. The Morgan fingerprint density at radius 1 is 1.00 bits per heavy atom. The fourth-order valence-corrected chi connectivity index (χ4v) is 4.37. The molecule has 4 rings (SSSR count). The standard InChI is InChI=1S/C22H22ClNO3/c23-19-6-1-2-7-20(19)27-18-10-8-17(9-11-18)24-22(26)16-12-14-4-3-5-15(13-16)21(14)25/h1-2,6-11,14-16H,3-5,12-13H2,(H,24,26). The Hall–Kier alpha value is -2.33. The minimum Gasteiger partial charge on any atom is -0.456 e. The first-order valence-corrected chi connectivity index (χ1v) is 9.85. The summed E-state index contributed by atoms with van der Waals surface area (Å²) in [6, 6.07) is 14.5. The molecule has 2 aromatic rings. The van der Waals surface area contributed by atoms with Gasteiger partial charge in [0.15, 0.2) is 0 Å². The minimum absolute atomic E-state index is 0.0131. The second-order valence-corrected chi connectivity index (χ2v) is 7.85. The molecule has 1 amide bonds. The first-order chi connectivity index (χ1) is 13.1. The van der Waals surface area contributed by atoms with Crippen molar-refractivity contribution in [1.82, 2.24) is 0 Å². The number of fused-ring (bicyclic) bond motifs is 2. The highest BCUT2D eigenvalue weighted by Crippen LogP contribution is 2.40. The maximum atomic E-state index is 12.7. The van der Waals surface area contributed by atoms with Crippen molar-refractivity contribution in [3.8, 4) is 11.5 Å². The normalized spacial score (nSPS) is 24.3. The molecular formula is C22H22ClNO3. The van der Waals surface area contributed by atoms with Gasteiger partial charge in [0.05, 0.1) is 5.02 Å². The zero-order valence-electron chi connectivity index (χ0n) is 15.0.